The second-order valence-corrected chi connectivity index (χ2v) is 5.88. The van der Waals surface area contributed by atoms with Crippen LogP contribution in [0.5, 0.6) is 0 Å². The van der Waals surface area contributed by atoms with Crippen LogP contribution in [-0.4, -0.2) is 52.3 Å². The fourth-order valence-corrected chi connectivity index (χ4v) is 2.96. The first-order valence-corrected chi connectivity index (χ1v) is 8.18. The topological polar surface area (TPSA) is 63.9 Å². The Kier molecular flexibility index (Phi) is 4.03. The molecule has 6 nitrogen and oxygen atoms in total. The lowest BCUT2D eigenvalue weighted by atomic mass is 10.1. The number of ether oxygens (including phenoxy) is 1. The molecule has 6 heteroatoms. The zero-order valence-corrected chi connectivity index (χ0v) is 13.6. The van der Waals surface area contributed by atoms with Gasteiger partial charge in [0.25, 0.3) is 5.91 Å². The highest BCUT2D eigenvalue weighted by Crippen LogP contribution is 2.15. The number of imidazole rings is 1. The van der Waals surface area contributed by atoms with E-state index in [1.165, 1.54) is 0 Å². The third-order valence-corrected chi connectivity index (χ3v) is 4.34. The maximum atomic E-state index is 12.7. The molecule has 1 fully saturated rings. The van der Waals surface area contributed by atoms with Crippen LogP contribution in [0, 0.1) is 0 Å². The Morgan fingerprint density at radius 2 is 1.68 bits per heavy atom. The van der Waals surface area contributed by atoms with Crippen LogP contribution in [0.3, 0.4) is 0 Å². The number of fused-ring (bicyclic) bond motifs is 1. The quantitative estimate of drug-likeness (QED) is 0.687. The Bertz CT molecular complexity index is 924. The zero-order valence-electron chi connectivity index (χ0n) is 13.6. The van der Waals surface area contributed by atoms with Crippen LogP contribution < -0.4 is 0 Å². The minimum absolute atomic E-state index is 0.0305. The summed E-state index contributed by atoms with van der Waals surface area (Å²) < 4.78 is 7.03. The molecule has 25 heavy (non-hydrogen) atoms. The largest absolute Gasteiger partial charge is 0.378 e. The Labute approximate surface area is 144 Å². The molecule has 0 aliphatic carbocycles. The van der Waals surface area contributed by atoms with Crippen molar-refractivity contribution in [3.05, 3.63) is 71.7 Å². The van der Waals surface area contributed by atoms with Gasteiger partial charge in [0.05, 0.1) is 19.4 Å². The second kappa shape index (κ2) is 6.49. The van der Waals surface area contributed by atoms with Crippen molar-refractivity contribution in [2.24, 2.45) is 0 Å². The molecule has 0 bridgehead atoms. The third kappa shape index (κ3) is 2.92. The molecule has 1 amide bonds. The average molecular weight is 335 g/mol. The van der Waals surface area contributed by atoms with Gasteiger partial charge < -0.3 is 9.64 Å². The first-order chi connectivity index (χ1) is 12.2. The summed E-state index contributed by atoms with van der Waals surface area (Å²) in [6, 6.07) is 12.4. The van der Waals surface area contributed by atoms with Crippen molar-refractivity contribution in [3.63, 3.8) is 0 Å². The molecule has 0 spiro atoms. The first-order valence-electron chi connectivity index (χ1n) is 8.18. The van der Waals surface area contributed by atoms with Gasteiger partial charge in [-0.1, -0.05) is 18.2 Å². The molecule has 0 atom stereocenters. The molecule has 0 saturated carbocycles. The van der Waals surface area contributed by atoms with Crippen LogP contribution in [0.1, 0.15) is 26.4 Å². The summed E-state index contributed by atoms with van der Waals surface area (Å²) in [5.41, 5.74) is 2.34. The van der Waals surface area contributed by atoms with Crippen LogP contribution in [-0.2, 0) is 4.74 Å². The number of pyridine rings is 1. The Morgan fingerprint density at radius 3 is 2.44 bits per heavy atom. The fourth-order valence-electron chi connectivity index (χ4n) is 2.96. The standard InChI is InChI=1S/C19H17N3O3/c23-18(16-13-20-17-3-1-2-8-22(16)17)14-4-6-15(7-5-14)19(24)21-9-11-25-12-10-21/h1-8,13H,9-12H2. The van der Waals surface area contributed by atoms with Gasteiger partial charge in [0, 0.05) is 30.4 Å². The van der Waals surface area contributed by atoms with E-state index in [9.17, 15) is 9.59 Å². The number of amides is 1. The van der Waals surface area contributed by atoms with Gasteiger partial charge in [-0.25, -0.2) is 4.98 Å². The molecule has 3 aromatic rings. The molecule has 1 aliphatic heterocycles. The molecule has 126 valence electrons. The molecular weight excluding hydrogens is 318 g/mol. The second-order valence-electron chi connectivity index (χ2n) is 5.88. The highest BCUT2D eigenvalue weighted by molar-refractivity contribution is 6.08. The number of carbonyl (C=O) groups is 2. The Morgan fingerprint density at radius 1 is 0.960 bits per heavy atom. The lowest BCUT2D eigenvalue weighted by Gasteiger charge is -2.26. The number of aromatic nitrogens is 2. The molecule has 1 aromatic carbocycles. The van der Waals surface area contributed by atoms with Crippen molar-refractivity contribution in [1.82, 2.24) is 14.3 Å². The van der Waals surface area contributed by atoms with E-state index in [4.69, 9.17) is 4.74 Å². The predicted molar refractivity (Wildman–Crippen MR) is 91.8 cm³/mol. The van der Waals surface area contributed by atoms with E-state index in [1.807, 2.05) is 24.4 Å². The summed E-state index contributed by atoms with van der Waals surface area (Å²) in [5, 5.41) is 0. The van der Waals surface area contributed by atoms with Crippen molar-refractivity contribution in [2.75, 3.05) is 26.3 Å². The molecule has 0 radical (unpaired) electrons. The fraction of sp³-hybridized carbons (Fsp3) is 0.211. The molecule has 0 N–H and O–H groups in total. The normalized spacial score (nSPS) is 14.6. The van der Waals surface area contributed by atoms with Crippen LogP contribution >= 0.6 is 0 Å². The molecule has 0 unspecified atom stereocenters. The van der Waals surface area contributed by atoms with E-state index in [0.29, 0.717) is 43.1 Å². The van der Waals surface area contributed by atoms with Gasteiger partial charge in [-0.15, -0.1) is 0 Å². The van der Waals surface area contributed by atoms with E-state index in [1.54, 1.807) is 39.8 Å². The number of carbonyl (C=O) groups excluding carboxylic acids is 2. The number of nitrogens with zero attached hydrogens (tertiary/aromatic N) is 3. The van der Waals surface area contributed by atoms with Crippen molar-refractivity contribution in [3.8, 4) is 0 Å². The SMILES string of the molecule is O=C(c1ccc(C(=O)N2CCOCC2)cc1)c1cnc2ccccn12. The molecule has 4 rings (SSSR count). The van der Waals surface area contributed by atoms with E-state index in [-0.39, 0.29) is 11.7 Å². The van der Waals surface area contributed by atoms with E-state index >= 15 is 0 Å². The lowest BCUT2D eigenvalue weighted by molar-refractivity contribution is 0.0303. The van der Waals surface area contributed by atoms with Gasteiger partial charge in [-0.2, -0.15) is 0 Å². The number of hydrogen-bond acceptors (Lipinski definition) is 4. The van der Waals surface area contributed by atoms with E-state index in [0.717, 1.165) is 5.65 Å². The smallest absolute Gasteiger partial charge is 0.254 e. The van der Waals surface area contributed by atoms with Crippen LogP contribution in [0.15, 0.2) is 54.9 Å². The number of morpholine rings is 1. The Hall–Kier alpha value is -2.99. The summed E-state index contributed by atoms with van der Waals surface area (Å²) in [7, 11) is 0. The number of benzene rings is 1. The van der Waals surface area contributed by atoms with Crippen LogP contribution in [0.4, 0.5) is 0 Å². The molecular formula is C19H17N3O3. The van der Waals surface area contributed by atoms with Crippen molar-refractivity contribution >= 4 is 17.3 Å². The van der Waals surface area contributed by atoms with Crippen molar-refractivity contribution in [2.45, 2.75) is 0 Å². The van der Waals surface area contributed by atoms with Crippen molar-refractivity contribution < 1.29 is 14.3 Å². The molecule has 3 heterocycles. The first kappa shape index (κ1) is 15.5. The minimum Gasteiger partial charge on any atom is -0.378 e. The molecule has 2 aromatic heterocycles. The highest BCUT2D eigenvalue weighted by atomic mass is 16.5. The van der Waals surface area contributed by atoms with Gasteiger partial charge in [-0.05, 0) is 24.3 Å². The number of hydrogen-bond donors (Lipinski definition) is 0. The van der Waals surface area contributed by atoms with Gasteiger partial charge in [0.15, 0.2) is 0 Å². The van der Waals surface area contributed by atoms with Crippen molar-refractivity contribution in [1.29, 1.82) is 0 Å². The van der Waals surface area contributed by atoms with Gasteiger partial charge in [0.2, 0.25) is 5.78 Å². The lowest BCUT2D eigenvalue weighted by Crippen LogP contribution is -2.40. The average Bonchev–Trinajstić information content (AvgIpc) is 3.12. The molecule has 1 saturated heterocycles. The summed E-state index contributed by atoms with van der Waals surface area (Å²) in [4.78, 5) is 31.2. The zero-order chi connectivity index (χ0) is 17.2. The predicted octanol–water partition coefficient (Wildman–Crippen LogP) is 2.04. The maximum absolute atomic E-state index is 12.7. The van der Waals surface area contributed by atoms with Crippen LogP contribution in [0.25, 0.3) is 5.65 Å². The Balaban J connectivity index is 1.57. The van der Waals surface area contributed by atoms with Gasteiger partial charge in [0.1, 0.15) is 11.3 Å². The van der Waals surface area contributed by atoms with Gasteiger partial charge in [-0.3, -0.25) is 14.0 Å². The summed E-state index contributed by atoms with van der Waals surface area (Å²) in [6.45, 7) is 2.33. The third-order valence-electron chi connectivity index (χ3n) is 4.34. The van der Waals surface area contributed by atoms with E-state index in [2.05, 4.69) is 4.98 Å². The maximum Gasteiger partial charge on any atom is 0.254 e. The summed E-state index contributed by atoms with van der Waals surface area (Å²) >= 11 is 0. The van der Waals surface area contributed by atoms with Gasteiger partial charge >= 0.3 is 0 Å². The number of rotatable bonds is 3. The monoisotopic (exact) mass is 335 g/mol. The van der Waals surface area contributed by atoms with Crippen LogP contribution in [0.2, 0.25) is 0 Å². The summed E-state index contributed by atoms with van der Waals surface area (Å²) in [6.07, 6.45) is 3.39. The summed E-state index contributed by atoms with van der Waals surface area (Å²) in [5.74, 6) is -0.152. The van der Waals surface area contributed by atoms with E-state index < -0.39 is 0 Å². The highest BCUT2D eigenvalue weighted by Gasteiger charge is 2.19. The minimum atomic E-state index is -0.121. The molecule has 1 aliphatic rings. The number of ketones is 1.